The van der Waals surface area contributed by atoms with Gasteiger partial charge in [0.15, 0.2) is 5.58 Å². The van der Waals surface area contributed by atoms with E-state index in [1.165, 1.54) is 66.5 Å². The molecule has 4 aliphatic carbocycles. The van der Waals surface area contributed by atoms with Gasteiger partial charge >= 0.3 is 0 Å². The summed E-state index contributed by atoms with van der Waals surface area (Å²) >= 11 is 0. The van der Waals surface area contributed by atoms with Gasteiger partial charge in [0.1, 0.15) is 5.76 Å². The number of allylic oxidation sites excluding steroid dienone is 9. The fraction of sp³-hybridized carbons (Fsp3) is 0.209. The zero-order chi connectivity index (χ0) is 30.1. The highest BCUT2D eigenvalue weighted by Gasteiger charge is 2.36. The van der Waals surface area contributed by atoms with Gasteiger partial charge in [-0.05, 0) is 101 Å². The summed E-state index contributed by atoms with van der Waals surface area (Å²) in [6.07, 6.45) is 22.5. The van der Waals surface area contributed by atoms with Crippen LogP contribution < -0.4 is 4.90 Å². The largest absolute Gasteiger partial charge is 0.458 e. The Morgan fingerprint density at radius 3 is 2.44 bits per heavy atom. The zero-order valence-electron chi connectivity index (χ0n) is 26.1. The molecule has 0 aliphatic heterocycles. The molecule has 4 aromatic carbocycles. The summed E-state index contributed by atoms with van der Waals surface area (Å²) in [4.78, 5) is 2.51. The van der Waals surface area contributed by atoms with Crippen molar-refractivity contribution in [2.24, 2.45) is 0 Å². The van der Waals surface area contributed by atoms with Gasteiger partial charge in [-0.15, -0.1) is 0 Å². The van der Waals surface area contributed by atoms with Gasteiger partial charge in [-0.3, -0.25) is 0 Å². The van der Waals surface area contributed by atoms with Gasteiger partial charge in [0.2, 0.25) is 0 Å². The number of hydrogen-bond donors (Lipinski definition) is 0. The molecule has 0 fully saturated rings. The molecule has 0 saturated heterocycles. The van der Waals surface area contributed by atoms with E-state index in [2.05, 4.69) is 134 Å². The number of benzene rings is 4. The standard InChI is InChI=1S/C43H37NO/c1-43(2)37-18-10-8-16-34(37)35-25-24-32(27-38(35)43)44(31-22-20-29(21-23-31)28-12-4-3-5-13-28)39-26-30-14-6-7-15-33(30)41-36-17-9-11-19-40(36)45-42(39)41/h4,6-10,12-18,20,22,24-27H,3,5,11,19,21,23H2,1-2H3. The van der Waals surface area contributed by atoms with E-state index in [1.54, 1.807) is 0 Å². The third kappa shape index (κ3) is 4.08. The van der Waals surface area contributed by atoms with Gasteiger partial charge in [-0.25, -0.2) is 0 Å². The lowest BCUT2D eigenvalue weighted by Crippen LogP contribution is -2.20. The van der Waals surface area contributed by atoms with Crippen LogP contribution in [-0.4, -0.2) is 0 Å². The van der Waals surface area contributed by atoms with Crippen LogP contribution in [0.15, 0.2) is 131 Å². The Morgan fingerprint density at radius 1 is 0.733 bits per heavy atom. The average molecular weight is 584 g/mol. The van der Waals surface area contributed by atoms with E-state index in [0.717, 1.165) is 55.6 Å². The van der Waals surface area contributed by atoms with Crippen LogP contribution >= 0.6 is 0 Å². The van der Waals surface area contributed by atoms with Gasteiger partial charge in [0, 0.05) is 34.2 Å². The molecule has 2 heteroatoms. The Labute approximate surface area is 265 Å². The SMILES string of the molecule is CC1(C)c2ccccc2-c2ccc(N(C3=CC=C(C4=CCCC=C4)CC3)c3cc4ccccc4c4c5c(oc34)CCC=C5)cc21. The van der Waals surface area contributed by atoms with E-state index >= 15 is 0 Å². The van der Waals surface area contributed by atoms with E-state index in [9.17, 15) is 0 Å². The molecule has 0 saturated carbocycles. The van der Waals surface area contributed by atoms with Crippen molar-refractivity contribution in [3.63, 3.8) is 0 Å². The minimum Gasteiger partial charge on any atom is -0.458 e. The van der Waals surface area contributed by atoms with E-state index < -0.39 is 0 Å². The maximum Gasteiger partial charge on any atom is 0.159 e. The van der Waals surface area contributed by atoms with Gasteiger partial charge in [-0.2, -0.15) is 0 Å². The Balaban J connectivity index is 1.29. The first-order chi connectivity index (χ1) is 22.1. The minimum atomic E-state index is -0.0747. The van der Waals surface area contributed by atoms with Crippen molar-refractivity contribution >= 4 is 39.2 Å². The van der Waals surface area contributed by atoms with Crippen molar-refractivity contribution < 1.29 is 4.42 Å². The molecule has 0 unspecified atom stereocenters. The molecule has 45 heavy (non-hydrogen) atoms. The number of hydrogen-bond acceptors (Lipinski definition) is 2. The Bertz CT molecular complexity index is 2190. The third-order valence-electron chi connectivity index (χ3n) is 10.4. The first kappa shape index (κ1) is 26.6. The lowest BCUT2D eigenvalue weighted by molar-refractivity contribution is 0.546. The predicted molar refractivity (Wildman–Crippen MR) is 189 cm³/mol. The molecule has 0 N–H and O–H groups in total. The second-order valence-corrected chi connectivity index (χ2v) is 13.4. The van der Waals surface area contributed by atoms with Crippen molar-refractivity contribution in [1.82, 2.24) is 0 Å². The molecule has 9 rings (SSSR count). The minimum absolute atomic E-state index is 0.0747. The first-order valence-electron chi connectivity index (χ1n) is 16.5. The number of rotatable bonds is 4. The fourth-order valence-electron chi connectivity index (χ4n) is 8.14. The summed E-state index contributed by atoms with van der Waals surface area (Å²) < 4.78 is 6.87. The fourth-order valence-corrected chi connectivity index (χ4v) is 8.14. The second kappa shape index (κ2) is 10.1. The normalized spacial score (nSPS) is 17.9. The van der Waals surface area contributed by atoms with Crippen LogP contribution in [0.1, 0.15) is 68.4 Å². The van der Waals surface area contributed by atoms with Gasteiger partial charge < -0.3 is 9.32 Å². The average Bonchev–Trinajstić information content (AvgIpc) is 3.59. The number of nitrogens with zero attached hydrogens (tertiary/aromatic N) is 1. The molecule has 0 spiro atoms. The molecule has 1 aromatic heterocycles. The van der Waals surface area contributed by atoms with Crippen LogP contribution in [0.5, 0.6) is 0 Å². The van der Waals surface area contributed by atoms with Crippen LogP contribution in [0.2, 0.25) is 0 Å². The summed E-state index contributed by atoms with van der Waals surface area (Å²) in [7, 11) is 0. The number of fused-ring (bicyclic) bond motifs is 8. The quantitative estimate of drug-likeness (QED) is 0.209. The summed E-state index contributed by atoms with van der Waals surface area (Å²) in [6.45, 7) is 4.74. The first-order valence-corrected chi connectivity index (χ1v) is 16.5. The molecule has 0 bridgehead atoms. The van der Waals surface area contributed by atoms with Crippen LogP contribution in [0, 0.1) is 0 Å². The van der Waals surface area contributed by atoms with E-state index in [4.69, 9.17) is 4.42 Å². The van der Waals surface area contributed by atoms with Crippen LogP contribution in [-0.2, 0) is 11.8 Å². The highest BCUT2D eigenvalue weighted by Crippen LogP contribution is 2.52. The number of aryl methyl sites for hydroxylation is 1. The molecule has 220 valence electrons. The van der Waals surface area contributed by atoms with Crippen molar-refractivity contribution in [2.45, 2.75) is 57.8 Å². The van der Waals surface area contributed by atoms with Crippen LogP contribution in [0.3, 0.4) is 0 Å². The molecule has 0 amide bonds. The van der Waals surface area contributed by atoms with Crippen molar-refractivity contribution in [3.8, 4) is 11.1 Å². The van der Waals surface area contributed by atoms with Crippen molar-refractivity contribution in [3.05, 3.63) is 149 Å². The Morgan fingerprint density at radius 2 is 1.58 bits per heavy atom. The lowest BCUT2D eigenvalue weighted by Gasteiger charge is -2.32. The maximum absolute atomic E-state index is 6.87. The van der Waals surface area contributed by atoms with Crippen LogP contribution in [0.4, 0.5) is 11.4 Å². The van der Waals surface area contributed by atoms with E-state index in [-0.39, 0.29) is 5.41 Å². The smallest absolute Gasteiger partial charge is 0.159 e. The molecular weight excluding hydrogens is 546 g/mol. The maximum atomic E-state index is 6.87. The van der Waals surface area contributed by atoms with Gasteiger partial charge in [-0.1, -0.05) is 105 Å². The van der Waals surface area contributed by atoms with E-state index in [0.29, 0.717) is 0 Å². The topological polar surface area (TPSA) is 16.4 Å². The second-order valence-electron chi connectivity index (χ2n) is 13.4. The Kier molecular flexibility index (Phi) is 5.97. The molecule has 0 atom stereocenters. The third-order valence-corrected chi connectivity index (χ3v) is 10.4. The number of furan rings is 1. The number of anilines is 2. The molecule has 2 nitrogen and oxygen atoms in total. The molecular formula is C43H37NO. The van der Waals surface area contributed by atoms with Gasteiger partial charge in [0.25, 0.3) is 0 Å². The molecule has 4 aliphatic rings. The van der Waals surface area contributed by atoms with E-state index in [1.807, 2.05) is 0 Å². The predicted octanol–water partition coefficient (Wildman–Crippen LogP) is 11.9. The van der Waals surface area contributed by atoms with Gasteiger partial charge in [0.05, 0.1) is 5.69 Å². The van der Waals surface area contributed by atoms with Crippen LogP contribution in [0.25, 0.3) is 38.9 Å². The summed E-state index contributed by atoms with van der Waals surface area (Å²) in [5.41, 5.74) is 14.1. The zero-order valence-corrected chi connectivity index (χ0v) is 26.1. The summed E-state index contributed by atoms with van der Waals surface area (Å²) in [5, 5.41) is 3.74. The molecule has 0 radical (unpaired) electrons. The Hall–Kier alpha value is -4.82. The highest BCUT2D eigenvalue weighted by molar-refractivity contribution is 6.15. The summed E-state index contributed by atoms with van der Waals surface area (Å²) in [5.74, 6) is 1.10. The molecule has 1 heterocycles. The molecule has 5 aromatic rings. The monoisotopic (exact) mass is 583 g/mol. The highest BCUT2D eigenvalue weighted by atomic mass is 16.3. The van der Waals surface area contributed by atoms with Crippen molar-refractivity contribution in [1.29, 1.82) is 0 Å². The van der Waals surface area contributed by atoms with Crippen molar-refractivity contribution in [2.75, 3.05) is 4.90 Å². The lowest BCUT2D eigenvalue weighted by atomic mass is 9.82. The summed E-state index contributed by atoms with van der Waals surface area (Å²) in [6, 6.07) is 27.2.